The average molecular weight is 120 g/mol. The molecule has 0 aliphatic carbocycles. The van der Waals surface area contributed by atoms with Crippen LogP contribution in [0.4, 0.5) is 0 Å². The molecule has 0 saturated heterocycles. The molecule has 3 heteroatoms. The van der Waals surface area contributed by atoms with Gasteiger partial charge in [-0.15, -0.1) is 0 Å². The van der Waals surface area contributed by atoms with Crippen LogP contribution in [0.25, 0.3) is 0 Å². The SMILES string of the molecule is CCCOCC(O)O. The standard InChI is InChI=1S/C5H12O3/c1-2-3-8-4-5(6)7/h5-7H,2-4H2,1H3. The number of ether oxygens (including phenoxy) is 1. The molecule has 0 aliphatic rings. The van der Waals surface area contributed by atoms with Crippen molar-refractivity contribution in [1.82, 2.24) is 0 Å². The molecule has 50 valence electrons. The fourth-order valence-corrected chi connectivity index (χ4v) is 0.333. The molecule has 0 atom stereocenters. The lowest BCUT2D eigenvalue weighted by Crippen LogP contribution is -2.13. The summed E-state index contributed by atoms with van der Waals surface area (Å²) in [5.41, 5.74) is 0. The monoisotopic (exact) mass is 120 g/mol. The molecule has 0 spiro atoms. The minimum Gasteiger partial charge on any atom is -0.376 e. The van der Waals surface area contributed by atoms with E-state index in [-0.39, 0.29) is 6.61 Å². The summed E-state index contributed by atoms with van der Waals surface area (Å²) in [5.74, 6) is 0. The lowest BCUT2D eigenvalue weighted by molar-refractivity contribution is -0.0944. The zero-order valence-electron chi connectivity index (χ0n) is 5.00. The summed E-state index contributed by atoms with van der Waals surface area (Å²) in [5, 5.41) is 16.4. The predicted octanol–water partition coefficient (Wildman–Crippen LogP) is -0.276. The van der Waals surface area contributed by atoms with E-state index in [0.717, 1.165) is 6.42 Å². The third kappa shape index (κ3) is 5.88. The smallest absolute Gasteiger partial charge is 0.175 e. The van der Waals surface area contributed by atoms with Crippen LogP contribution in [0.2, 0.25) is 0 Å². The van der Waals surface area contributed by atoms with Gasteiger partial charge in [-0.05, 0) is 6.42 Å². The molecule has 0 heterocycles. The Bertz CT molecular complexity index is 44.9. The Morgan fingerprint density at radius 3 is 2.50 bits per heavy atom. The predicted molar refractivity (Wildman–Crippen MR) is 29.3 cm³/mol. The molecule has 8 heavy (non-hydrogen) atoms. The Kier molecular flexibility index (Phi) is 4.95. The van der Waals surface area contributed by atoms with Crippen molar-refractivity contribution in [2.45, 2.75) is 19.6 Å². The lowest BCUT2D eigenvalue weighted by atomic mass is 10.5. The summed E-state index contributed by atoms with van der Waals surface area (Å²) in [4.78, 5) is 0. The van der Waals surface area contributed by atoms with E-state index in [1.165, 1.54) is 0 Å². The van der Waals surface area contributed by atoms with Crippen molar-refractivity contribution in [3.63, 3.8) is 0 Å². The van der Waals surface area contributed by atoms with Gasteiger partial charge in [0.05, 0.1) is 6.61 Å². The van der Waals surface area contributed by atoms with Gasteiger partial charge in [0.25, 0.3) is 0 Å². The molecular weight excluding hydrogens is 108 g/mol. The van der Waals surface area contributed by atoms with E-state index in [2.05, 4.69) is 0 Å². The Morgan fingerprint density at radius 1 is 1.50 bits per heavy atom. The number of hydrogen-bond donors (Lipinski definition) is 2. The lowest BCUT2D eigenvalue weighted by Gasteiger charge is -2.01. The summed E-state index contributed by atoms with van der Waals surface area (Å²) in [6.07, 6.45) is -0.409. The van der Waals surface area contributed by atoms with E-state index in [9.17, 15) is 0 Å². The van der Waals surface area contributed by atoms with Gasteiger partial charge < -0.3 is 14.9 Å². The van der Waals surface area contributed by atoms with Crippen molar-refractivity contribution in [2.24, 2.45) is 0 Å². The third-order valence-electron chi connectivity index (χ3n) is 0.615. The Hall–Kier alpha value is -0.120. The van der Waals surface area contributed by atoms with Gasteiger partial charge in [0.15, 0.2) is 6.29 Å². The minimum absolute atomic E-state index is 0.0217. The Morgan fingerprint density at radius 2 is 2.12 bits per heavy atom. The Balaban J connectivity index is 2.72. The van der Waals surface area contributed by atoms with Crippen molar-refractivity contribution in [3.05, 3.63) is 0 Å². The molecule has 3 nitrogen and oxygen atoms in total. The highest BCUT2D eigenvalue weighted by atomic mass is 16.5. The summed E-state index contributed by atoms with van der Waals surface area (Å²) in [6, 6.07) is 0. The van der Waals surface area contributed by atoms with Gasteiger partial charge in [0.1, 0.15) is 0 Å². The summed E-state index contributed by atoms with van der Waals surface area (Å²) in [6.45, 7) is 2.58. The van der Waals surface area contributed by atoms with Crippen LogP contribution in [-0.4, -0.2) is 29.7 Å². The molecule has 0 bridgehead atoms. The van der Waals surface area contributed by atoms with Gasteiger partial charge in [-0.2, -0.15) is 0 Å². The first kappa shape index (κ1) is 7.88. The molecule has 0 unspecified atom stereocenters. The van der Waals surface area contributed by atoms with Crippen LogP contribution in [0, 0.1) is 0 Å². The van der Waals surface area contributed by atoms with Crippen LogP contribution in [0.5, 0.6) is 0 Å². The zero-order chi connectivity index (χ0) is 6.41. The van der Waals surface area contributed by atoms with Gasteiger partial charge in [-0.1, -0.05) is 6.92 Å². The van der Waals surface area contributed by atoms with E-state index in [1.807, 2.05) is 6.92 Å². The van der Waals surface area contributed by atoms with Gasteiger partial charge in [0.2, 0.25) is 0 Å². The highest BCUT2D eigenvalue weighted by Crippen LogP contribution is 1.81. The quantitative estimate of drug-likeness (QED) is 0.396. The molecule has 0 aliphatic heterocycles. The molecule has 0 saturated carbocycles. The second kappa shape index (κ2) is 5.03. The first-order valence-electron chi connectivity index (χ1n) is 2.71. The first-order valence-corrected chi connectivity index (χ1v) is 2.71. The van der Waals surface area contributed by atoms with Gasteiger partial charge in [0, 0.05) is 6.61 Å². The van der Waals surface area contributed by atoms with Crippen LogP contribution in [0.1, 0.15) is 13.3 Å². The number of aliphatic hydroxyl groups excluding tert-OH is 1. The maximum Gasteiger partial charge on any atom is 0.175 e. The fraction of sp³-hybridized carbons (Fsp3) is 1.00. The maximum absolute atomic E-state index is 8.21. The molecule has 0 rings (SSSR count). The van der Waals surface area contributed by atoms with Crippen molar-refractivity contribution in [3.8, 4) is 0 Å². The molecule has 0 aromatic heterocycles. The van der Waals surface area contributed by atoms with E-state index in [1.54, 1.807) is 0 Å². The number of rotatable bonds is 4. The van der Waals surface area contributed by atoms with Crippen molar-refractivity contribution in [2.75, 3.05) is 13.2 Å². The zero-order valence-corrected chi connectivity index (χ0v) is 5.00. The Labute approximate surface area is 48.9 Å². The second-order valence-corrected chi connectivity index (χ2v) is 1.56. The highest BCUT2D eigenvalue weighted by molar-refractivity contribution is 4.30. The molecular formula is C5H12O3. The number of hydrogen-bond acceptors (Lipinski definition) is 3. The third-order valence-corrected chi connectivity index (χ3v) is 0.615. The largest absolute Gasteiger partial charge is 0.376 e. The van der Waals surface area contributed by atoms with E-state index in [0.29, 0.717) is 6.61 Å². The average Bonchev–Trinajstić information content (AvgIpc) is 1.66. The van der Waals surface area contributed by atoms with Crippen molar-refractivity contribution < 1.29 is 14.9 Å². The minimum atomic E-state index is -1.32. The summed E-state index contributed by atoms with van der Waals surface area (Å²) in [7, 11) is 0. The summed E-state index contributed by atoms with van der Waals surface area (Å²) < 4.78 is 4.74. The maximum atomic E-state index is 8.21. The molecule has 0 amide bonds. The van der Waals surface area contributed by atoms with Gasteiger partial charge in [-0.25, -0.2) is 0 Å². The van der Waals surface area contributed by atoms with Crippen LogP contribution < -0.4 is 0 Å². The first-order chi connectivity index (χ1) is 3.77. The second-order valence-electron chi connectivity index (χ2n) is 1.56. The molecule has 2 N–H and O–H groups in total. The normalized spacial score (nSPS) is 10.5. The highest BCUT2D eigenvalue weighted by Gasteiger charge is 1.93. The van der Waals surface area contributed by atoms with Crippen molar-refractivity contribution >= 4 is 0 Å². The van der Waals surface area contributed by atoms with Gasteiger partial charge in [-0.3, -0.25) is 0 Å². The van der Waals surface area contributed by atoms with E-state index >= 15 is 0 Å². The molecule has 0 radical (unpaired) electrons. The number of aliphatic hydroxyl groups is 2. The topological polar surface area (TPSA) is 49.7 Å². The molecule has 0 fully saturated rings. The van der Waals surface area contributed by atoms with Crippen molar-refractivity contribution in [1.29, 1.82) is 0 Å². The van der Waals surface area contributed by atoms with Gasteiger partial charge >= 0.3 is 0 Å². The van der Waals surface area contributed by atoms with Crippen LogP contribution in [0.3, 0.4) is 0 Å². The van der Waals surface area contributed by atoms with Crippen LogP contribution in [0.15, 0.2) is 0 Å². The fourth-order valence-electron chi connectivity index (χ4n) is 0.333. The van der Waals surface area contributed by atoms with E-state index in [4.69, 9.17) is 14.9 Å². The van der Waals surface area contributed by atoms with Crippen LogP contribution in [-0.2, 0) is 4.74 Å². The molecule has 0 aromatic rings. The molecule has 0 aromatic carbocycles. The van der Waals surface area contributed by atoms with Crippen LogP contribution >= 0.6 is 0 Å². The summed E-state index contributed by atoms with van der Waals surface area (Å²) >= 11 is 0. The van der Waals surface area contributed by atoms with E-state index < -0.39 is 6.29 Å².